The van der Waals surface area contributed by atoms with Crippen LogP contribution in [0.3, 0.4) is 0 Å². The fourth-order valence-electron chi connectivity index (χ4n) is 3.12. The van der Waals surface area contributed by atoms with Gasteiger partial charge in [0.2, 0.25) is 10.0 Å². The number of pyridine rings is 1. The quantitative estimate of drug-likeness (QED) is 0.429. The fourth-order valence-corrected chi connectivity index (χ4v) is 5.36. The molecule has 156 valence electrons. The average molecular weight is 467 g/mol. The topological polar surface area (TPSA) is 85.8 Å². The van der Waals surface area contributed by atoms with Gasteiger partial charge in [-0.3, -0.25) is 4.98 Å². The molecule has 2 heterocycles. The van der Waals surface area contributed by atoms with Crippen LogP contribution < -0.4 is 4.74 Å². The molecule has 0 spiro atoms. The van der Waals surface area contributed by atoms with E-state index in [0.717, 1.165) is 11.5 Å². The second-order valence-corrected chi connectivity index (χ2v) is 9.22. The van der Waals surface area contributed by atoms with Crippen molar-refractivity contribution in [2.45, 2.75) is 4.90 Å². The average Bonchev–Trinajstić information content (AvgIpc) is 2.74. The smallest absolute Gasteiger partial charge is 0.345 e. The number of sulfonamides is 1. The molecule has 7 nitrogen and oxygen atoms in total. The number of rotatable bonds is 4. The molecule has 0 bridgehead atoms. The van der Waals surface area contributed by atoms with Crippen molar-refractivity contribution in [2.75, 3.05) is 26.3 Å². The van der Waals surface area contributed by atoms with Gasteiger partial charge in [-0.1, -0.05) is 41.4 Å². The molecule has 1 saturated heterocycles. The lowest BCUT2D eigenvalue weighted by Crippen LogP contribution is -2.40. The highest BCUT2D eigenvalue weighted by Crippen LogP contribution is 2.32. The van der Waals surface area contributed by atoms with Gasteiger partial charge in [-0.05, 0) is 24.3 Å². The summed E-state index contributed by atoms with van der Waals surface area (Å²) in [5, 5.41) is 0.703. The lowest BCUT2D eigenvalue weighted by Gasteiger charge is -2.26. The maximum Gasteiger partial charge on any atom is 0.345 e. The number of halogens is 2. The number of benzene rings is 2. The summed E-state index contributed by atoms with van der Waals surface area (Å²) in [4.78, 5) is 16.9. The molecule has 0 aliphatic carbocycles. The molecule has 1 aliphatic heterocycles. The van der Waals surface area contributed by atoms with Crippen LogP contribution in [0.25, 0.3) is 10.9 Å². The number of para-hydroxylation sites is 1. The standard InChI is InChI=1S/C20H16Cl2N2O5S/c21-15-12-16(22)18(30(26,27)24-7-9-28-10-8-24)11-14(15)20(25)29-17-5-1-3-13-4-2-6-23-19(13)17/h1-6,11-12H,7-10H2. The van der Waals surface area contributed by atoms with E-state index in [0.29, 0.717) is 5.52 Å². The van der Waals surface area contributed by atoms with Gasteiger partial charge in [0, 0.05) is 24.7 Å². The lowest BCUT2D eigenvalue weighted by atomic mass is 10.2. The van der Waals surface area contributed by atoms with E-state index in [1.165, 1.54) is 10.4 Å². The molecule has 2 aromatic carbocycles. The summed E-state index contributed by atoms with van der Waals surface area (Å²) in [5.41, 5.74) is 0.389. The third-order valence-electron chi connectivity index (χ3n) is 4.63. The van der Waals surface area contributed by atoms with E-state index in [9.17, 15) is 13.2 Å². The summed E-state index contributed by atoms with van der Waals surface area (Å²) < 4.78 is 38.0. The van der Waals surface area contributed by atoms with Crippen molar-refractivity contribution in [1.29, 1.82) is 0 Å². The zero-order valence-corrected chi connectivity index (χ0v) is 17.9. The Morgan fingerprint density at radius 2 is 1.80 bits per heavy atom. The summed E-state index contributed by atoms with van der Waals surface area (Å²) in [6.07, 6.45) is 1.59. The number of hydrogen-bond acceptors (Lipinski definition) is 6. The molecule has 1 aromatic heterocycles. The largest absolute Gasteiger partial charge is 0.421 e. The number of carbonyl (C=O) groups is 1. The molecule has 1 aliphatic rings. The number of hydrogen-bond donors (Lipinski definition) is 0. The first-order valence-corrected chi connectivity index (χ1v) is 11.2. The second kappa shape index (κ2) is 8.49. The van der Waals surface area contributed by atoms with E-state index >= 15 is 0 Å². The van der Waals surface area contributed by atoms with E-state index in [1.807, 2.05) is 12.1 Å². The first-order chi connectivity index (χ1) is 14.4. The highest BCUT2D eigenvalue weighted by atomic mass is 35.5. The molecular formula is C20H16Cl2N2O5S. The molecule has 0 atom stereocenters. The number of ether oxygens (including phenoxy) is 2. The van der Waals surface area contributed by atoms with E-state index in [1.54, 1.807) is 24.4 Å². The van der Waals surface area contributed by atoms with Gasteiger partial charge in [0.05, 0.1) is 28.8 Å². The van der Waals surface area contributed by atoms with E-state index in [-0.39, 0.29) is 52.6 Å². The molecule has 0 unspecified atom stereocenters. The van der Waals surface area contributed by atoms with Crippen molar-refractivity contribution in [3.8, 4) is 5.75 Å². The van der Waals surface area contributed by atoms with Crippen LogP contribution in [-0.4, -0.2) is 50.0 Å². The van der Waals surface area contributed by atoms with Crippen LogP contribution in [0.15, 0.2) is 53.6 Å². The third kappa shape index (κ3) is 4.01. The summed E-state index contributed by atoms with van der Waals surface area (Å²) in [7, 11) is -3.93. The summed E-state index contributed by atoms with van der Waals surface area (Å²) in [6, 6.07) is 11.1. The maximum atomic E-state index is 13.0. The third-order valence-corrected chi connectivity index (χ3v) is 7.30. The van der Waals surface area contributed by atoms with Gasteiger partial charge < -0.3 is 9.47 Å². The number of morpholine rings is 1. The van der Waals surface area contributed by atoms with Gasteiger partial charge in [0.15, 0.2) is 5.75 Å². The highest BCUT2D eigenvalue weighted by Gasteiger charge is 2.30. The SMILES string of the molecule is O=C(Oc1cccc2cccnc12)c1cc(S(=O)(=O)N2CCOCC2)c(Cl)cc1Cl. The van der Waals surface area contributed by atoms with E-state index in [4.69, 9.17) is 32.7 Å². The number of aromatic nitrogens is 1. The summed E-state index contributed by atoms with van der Waals surface area (Å²) in [6.45, 7) is 0.965. The Balaban J connectivity index is 1.70. The predicted molar refractivity (Wildman–Crippen MR) is 113 cm³/mol. The Morgan fingerprint density at radius 1 is 1.07 bits per heavy atom. The van der Waals surface area contributed by atoms with Crippen molar-refractivity contribution < 1.29 is 22.7 Å². The minimum Gasteiger partial charge on any atom is -0.421 e. The monoisotopic (exact) mass is 466 g/mol. The second-order valence-electron chi connectivity index (χ2n) is 6.50. The Bertz CT molecular complexity index is 1220. The molecule has 4 rings (SSSR count). The van der Waals surface area contributed by atoms with Gasteiger partial charge in [-0.25, -0.2) is 13.2 Å². The fraction of sp³-hybridized carbons (Fsp3) is 0.200. The van der Waals surface area contributed by atoms with Crippen LogP contribution in [0.4, 0.5) is 0 Å². The van der Waals surface area contributed by atoms with Crippen LogP contribution >= 0.6 is 23.2 Å². The highest BCUT2D eigenvalue weighted by molar-refractivity contribution is 7.89. The first kappa shape index (κ1) is 21.0. The Labute approximate surface area is 183 Å². The van der Waals surface area contributed by atoms with Gasteiger partial charge in [-0.2, -0.15) is 4.31 Å². The van der Waals surface area contributed by atoms with Gasteiger partial charge >= 0.3 is 5.97 Å². The van der Waals surface area contributed by atoms with Crippen LogP contribution in [0.2, 0.25) is 10.0 Å². The summed E-state index contributed by atoms with van der Waals surface area (Å²) >= 11 is 12.4. The lowest BCUT2D eigenvalue weighted by molar-refractivity contribution is 0.0727. The maximum absolute atomic E-state index is 13.0. The number of nitrogens with zero attached hydrogens (tertiary/aromatic N) is 2. The van der Waals surface area contributed by atoms with E-state index < -0.39 is 16.0 Å². The molecule has 0 saturated carbocycles. The number of carbonyl (C=O) groups excluding carboxylic acids is 1. The molecule has 3 aromatic rings. The van der Waals surface area contributed by atoms with Crippen molar-refractivity contribution in [3.63, 3.8) is 0 Å². The van der Waals surface area contributed by atoms with Crippen LogP contribution in [0.1, 0.15) is 10.4 Å². The first-order valence-electron chi connectivity index (χ1n) is 9.01. The van der Waals surface area contributed by atoms with Crippen LogP contribution in [0, 0.1) is 0 Å². The van der Waals surface area contributed by atoms with Gasteiger partial charge in [-0.15, -0.1) is 0 Å². The van der Waals surface area contributed by atoms with E-state index in [2.05, 4.69) is 4.98 Å². The molecule has 10 heteroatoms. The van der Waals surface area contributed by atoms with Crippen molar-refractivity contribution in [1.82, 2.24) is 9.29 Å². The van der Waals surface area contributed by atoms with Crippen molar-refractivity contribution in [3.05, 3.63) is 64.3 Å². The Morgan fingerprint density at radius 3 is 2.57 bits per heavy atom. The Hall–Kier alpha value is -2.23. The minimum atomic E-state index is -3.93. The molecule has 0 radical (unpaired) electrons. The zero-order chi connectivity index (χ0) is 21.3. The molecular weight excluding hydrogens is 451 g/mol. The molecule has 30 heavy (non-hydrogen) atoms. The van der Waals surface area contributed by atoms with Crippen molar-refractivity contribution in [2.24, 2.45) is 0 Å². The normalized spacial score (nSPS) is 15.3. The van der Waals surface area contributed by atoms with Crippen molar-refractivity contribution >= 4 is 50.1 Å². The van der Waals surface area contributed by atoms with Crippen LogP contribution in [0.5, 0.6) is 5.75 Å². The molecule has 0 N–H and O–H groups in total. The minimum absolute atomic E-state index is 0.0147. The number of esters is 1. The summed E-state index contributed by atoms with van der Waals surface area (Å²) in [5.74, 6) is -0.574. The van der Waals surface area contributed by atoms with Gasteiger partial charge in [0.1, 0.15) is 10.4 Å². The Kier molecular flexibility index (Phi) is 5.95. The molecule has 1 fully saturated rings. The van der Waals surface area contributed by atoms with Gasteiger partial charge in [0.25, 0.3) is 0 Å². The predicted octanol–water partition coefficient (Wildman–Crippen LogP) is 3.78. The zero-order valence-electron chi connectivity index (χ0n) is 15.5. The number of fused-ring (bicyclic) bond motifs is 1. The van der Waals surface area contributed by atoms with Crippen LogP contribution in [-0.2, 0) is 14.8 Å². The molecule has 0 amide bonds.